The van der Waals surface area contributed by atoms with Crippen LogP contribution in [0.25, 0.3) is 0 Å². The Balaban J connectivity index is 2.28. The van der Waals surface area contributed by atoms with Gasteiger partial charge in [0.05, 0.1) is 21.9 Å². The molecular weight excluding hydrogens is 384 g/mol. The molecule has 0 saturated heterocycles. The summed E-state index contributed by atoms with van der Waals surface area (Å²) in [7, 11) is 0. The van der Waals surface area contributed by atoms with Crippen molar-refractivity contribution in [1.82, 2.24) is 15.2 Å². The van der Waals surface area contributed by atoms with Gasteiger partial charge in [-0.25, -0.2) is 0 Å². The Hall–Kier alpha value is -0.690. The Labute approximate surface area is 136 Å². The molecule has 108 valence electrons. The predicted octanol–water partition coefficient (Wildman–Crippen LogP) is 3.48. The minimum Gasteiger partial charge on any atom is -0.271 e. The summed E-state index contributed by atoms with van der Waals surface area (Å²) >= 11 is 7.07. The minimum absolute atomic E-state index is 0.0563. The molecule has 4 nitrogen and oxygen atoms in total. The lowest BCUT2D eigenvalue weighted by Gasteiger charge is -2.17. The molecule has 1 aromatic carbocycles. The molecule has 1 unspecified atom stereocenters. The number of hydrogen-bond donors (Lipinski definition) is 2. The van der Waals surface area contributed by atoms with Gasteiger partial charge >= 0.3 is 0 Å². The van der Waals surface area contributed by atoms with Crippen LogP contribution in [0.15, 0.2) is 33.2 Å². The van der Waals surface area contributed by atoms with E-state index in [-0.39, 0.29) is 6.04 Å². The molecule has 1 heterocycles. The van der Waals surface area contributed by atoms with Gasteiger partial charge < -0.3 is 0 Å². The summed E-state index contributed by atoms with van der Waals surface area (Å²) in [6, 6.07) is 8.25. The van der Waals surface area contributed by atoms with Gasteiger partial charge in [-0.05, 0) is 47.5 Å². The van der Waals surface area contributed by atoms with Crippen LogP contribution < -0.4 is 11.3 Å². The van der Waals surface area contributed by atoms with Crippen molar-refractivity contribution in [1.29, 1.82) is 0 Å². The van der Waals surface area contributed by atoms with Gasteiger partial charge in [0.25, 0.3) is 0 Å². The van der Waals surface area contributed by atoms with Gasteiger partial charge in [0.1, 0.15) is 0 Å². The van der Waals surface area contributed by atoms with E-state index in [2.05, 4.69) is 61.4 Å². The van der Waals surface area contributed by atoms with E-state index in [0.717, 1.165) is 38.9 Å². The van der Waals surface area contributed by atoms with Crippen molar-refractivity contribution in [2.24, 2.45) is 5.84 Å². The molecule has 20 heavy (non-hydrogen) atoms. The number of aryl methyl sites for hydroxylation is 2. The van der Waals surface area contributed by atoms with E-state index in [9.17, 15) is 0 Å². The highest BCUT2D eigenvalue weighted by Crippen LogP contribution is 2.27. The molecule has 0 aliphatic rings. The summed E-state index contributed by atoms with van der Waals surface area (Å²) in [5.74, 6) is 5.73. The highest BCUT2D eigenvalue weighted by atomic mass is 79.9. The number of hydrazine groups is 1. The van der Waals surface area contributed by atoms with Gasteiger partial charge in [-0.2, -0.15) is 5.10 Å². The van der Waals surface area contributed by atoms with Gasteiger partial charge in [0.15, 0.2) is 0 Å². The molecule has 0 radical (unpaired) electrons. The largest absolute Gasteiger partial charge is 0.271 e. The molecule has 0 amide bonds. The fourth-order valence-corrected chi connectivity index (χ4v) is 2.94. The highest BCUT2D eigenvalue weighted by molar-refractivity contribution is 9.10. The Morgan fingerprint density at radius 3 is 2.50 bits per heavy atom. The number of benzene rings is 1. The van der Waals surface area contributed by atoms with Crippen molar-refractivity contribution in [3.63, 3.8) is 0 Å². The van der Waals surface area contributed by atoms with Crippen molar-refractivity contribution in [3.05, 3.63) is 50.2 Å². The van der Waals surface area contributed by atoms with Crippen LogP contribution in [-0.4, -0.2) is 9.78 Å². The molecule has 1 aromatic heterocycles. The monoisotopic (exact) mass is 400 g/mol. The zero-order valence-electron chi connectivity index (χ0n) is 11.5. The van der Waals surface area contributed by atoms with Crippen LogP contribution in [0.2, 0.25) is 0 Å². The number of rotatable bonds is 5. The summed E-state index contributed by atoms with van der Waals surface area (Å²) < 4.78 is 4.15. The Morgan fingerprint density at radius 2 is 1.95 bits per heavy atom. The minimum atomic E-state index is 0.0563. The fourth-order valence-electron chi connectivity index (χ4n) is 2.23. The third kappa shape index (κ3) is 3.31. The topological polar surface area (TPSA) is 55.9 Å². The van der Waals surface area contributed by atoms with Crippen LogP contribution in [0.4, 0.5) is 0 Å². The van der Waals surface area contributed by atoms with Crippen molar-refractivity contribution in [2.45, 2.75) is 32.9 Å². The first-order chi connectivity index (χ1) is 9.56. The van der Waals surface area contributed by atoms with Gasteiger partial charge in [0.2, 0.25) is 0 Å². The summed E-state index contributed by atoms with van der Waals surface area (Å²) in [4.78, 5) is 0. The Morgan fingerprint density at radius 1 is 1.30 bits per heavy atom. The quantitative estimate of drug-likeness (QED) is 0.595. The molecule has 0 aliphatic carbocycles. The summed E-state index contributed by atoms with van der Waals surface area (Å²) in [6.07, 6.45) is 0.785. The molecule has 0 bridgehead atoms. The summed E-state index contributed by atoms with van der Waals surface area (Å²) in [6.45, 7) is 4.94. The molecule has 1 atom stereocenters. The molecule has 0 aliphatic heterocycles. The second-order valence-corrected chi connectivity index (χ2v) is 6.35. The third-order valence-electron chi connectivity index (χ3n) is 3.32. The maximum Gasteiger partial charge on any atom is 0.0738 e. The van der Waals surface area contributed by atoms with E-state index >= 15 is 0 Å². The van der Waals surface area contributed by atoms with Crippen LogP contribution in [0.5, 0.6) is 0 Å². The molecule has 0 saturated carbocycles. The standard InChI is InChI=1S/C14H18Br2N4/c1-3-20-13(14(16)9(2)19-20)8-12(18-17)10-4-6-11(15)7-5-10/h4-7,12,18H,3,8,17H2,1-2H3. The van der Waals surface area contributed by atoms with E-state index in [0.29, 0.717) is 0 Å². The fraction of sp³-hybridized carbons (Fsp3) is 0.357. The SMILES string of the molecule is CCn1nc(C)c(Br)c1CC(NN)c1ccc(Br)cc1. The van der Waals surface area contributed by atoms with E-state index in [4.69, 9.17) is 5.84 Å². The average Bonchev–Trinajstić information content (AvgIpc) is 2.73. The Kier molecular flexibility index (Phi) is 5.37. The maximum absolute atomic E-state index is 5.73. The predicted molar refractivity (Wildman–Crippen MR) is 88.2 cm³/mol. The van der Waals surface area contributed by atoms with Crippen LogP contribution in [0.1, 0.15) is 29.9 Å². The van der Waals surface area contributed by atoms with Crippen LogP contribution in [0.3, 0.4) is 0 Å². The number of nitrogens with two attached hydrogens (primary N) is 1. The molecule has 0 spiro atoms. The molecule has 2 aromatic rings. The zero-order valence-corrected chi connectivity index (χ0v) is 14.7. The first kappa shape index (κ1) is 15.7. The first-order valence-corrected chi connectivity index (χ1v) is 8.08. The summed E-state index contributed by atoms with van der Waals surface area (Å²) in [5, 5.41) is 4.52. The van der Waals surface area contributed by atoms with Crippen LogP contribution in [0, 0.1) is 6.92 Å². The highest BCUT2D eigenvalue weighted by Gasteiger charge is 2.18. The number of halogens is 2. The first-order valence-electron chi connectivity index (χ1n) is 6.50. The van der Waals surface area contributed by atoms with E-state index < -0.39 is 0 Å². The van der Waals surface area contributed by atoms with Crippen LogP contribution >= 0.6 is 31.9 Å². The second kappa shape index (κ2) is 6.85. The van der Waals surface area contributed by atoms with Crippen molar-refractivity contribution in [3.8, 4) is 0 Å². The van der Waals surface area contributed by atoms with Crippen LogP contribution in [-0.2, 0) is 13.0 Å². The lowest BCUT2D eigenvalue weighted by Crippen LogP contribution is -2.30. The normalized spacial score (nSPS) is 12.7. The van der Waals surface area contributed by atoms with Gasteiger partial charge in [0, 0.05) is 17.4 Å². The second-order valence-electron chi connectivity index (χ2n) is 4.64. The van der Waals surface area contributed by atoms with Crippen molar-refractivity contribution >= 4 is 31.9 Å². The van der Waals surface area contributed by atoms with E-state index in [1.165, 1.54) is 0 Å². The smallest absolute Gasteiger partial charge is 0.0738 e. The number of nitrogens with zero attached hydrogens (tertiary/aromatic N) is 2. The maximum atomic E-state index is 5.73. The third-order valence-corrected chi connectivity index (χ3v) is 4.88. The summed E-state index contributed by atoms with van der Waals surface area (Å²) in [5.41, 5.74) is 6.22. The number of nitrogens with one attached hydrogen (secondary N) is 1. The van der Waals surface area contributed by atoms with Crippen molar-refractivity contribution in [2.75, 3.05) is 0 Å². The lowest BCUT2D eigenvalue weighted by atomic mass is 10.0. The average molecular weight is 402 g/mol. The van der Waals surface area contributed by atoms with Gasteiger partial charge in [-0.3, -0.25) is 16.0 Å². The number of aromatic nitrogens is 2. The van der Waals surface area contributed by atoms with E-state index in [1.54, 1.807) is 0 Å². The molecule has 3 N–H and O–H groups in total. The molecule has 6 heteroatoms. The number of hydrogen-bond acceptors (Lipinski definition) is 3. The molecule has 0 fully saturated rings. The molecular formula is C14H18Br2N4. The van der Waals surface area contributed by atoms with Crippen molar-refractivity contribution < 1.29 is 0 Å². The lowest BCUT2D eigenvalue weighted by molar-refractivity contribution is 0.516. The Bertz CT molecular complexity index is 578. The van der Waals surface area contributed by atoms with Gasteiger partial charge in [-0.15, -0.1) is 0 Å². The molecule has 2 rings (SSSR count). The zero-order chi connectivity index (χ0) is 14.7. The van der Waals surface area contributed by atoms with Gasteiger partial charge in [-0.1, -0.05) is 28.1 Å². The van der Waals surface area contributed by atoms with E-state index in [1.807, 2.05) is 23.7 Å².